The van der Waals surface area contributed by atoms with E-state index in [-0.39, 0.29) is 11.2 Å². The van der Waals surface area contributed by atoms with Crippen molar-refractivity contribution in [3.63, 3.8) is 0 Å². The first-order valence-corrected chi connectivity index (χ1v) is 5.32. The van der Waals surface area contributed by atoms with Gasteiger partial charge < -0.3 is 9.47 Å². The van der Waals surface area contributed by atoms with Gasteiger partial charge in [-0.3, -0.25) is 0 Å². The second-order valence-corrected chi connectivity index (χ2v) is 5.04. The largest absolute Gasteiger partial charge is 0.496 e. The molecule has 0 amide bonds. The van der Waals surface area contributed by atoms with Gasteiger partial charge in [0.15, 0.2) is 0 Å². The highest BCUT2D eigenvalue weighted by atomic mass is 16.5. The SMILES string of the molecule is C=COC(C)(C)CC(C)C(C)(C)OC=C. The summed E-state index contributed by atoms with van der Waals surface area (Å²) < 4.78 is 11.0. The van der Waals surface area contributed by atoms with Gasteiger partial charge in [0.1, 0.15) is 11.2 Å². The maximum absolute atomic E-state index is 5.50. The fourth-order valence-electron chi connectivity index (χ4n) is 1.59. The Labute approximate surface area is 94.0 Å². The van der Waals surface area contributed by atoms with Gasteiger partial charge in [-0.2, -0.15) is 0 Å². The molecule has 0 aromatic rings. The molecule has 0 saturated carbocycles. The van der Waals surface area contributed by atoms with Crippen molar-refractivity contribution in [3.8, 4) is 0 Å². The zero-order valence-electron chi connectivity index (χ0n) is 10.7. The highest BCUT2D eigenvalue weighted by Crippen LogP contribution is 2.30. The molecule has 1 unspecified atom stereocenters. The van der Waals surface area contributed by atoms with E-state index in [2.05, 4.69) is 47.8 Å². The van der Waals surface area contributed by atoms with E-state index in [1.54, 1.807) is 0 Å². The van der Waals surface area contributed by atoms with Gasteiger partial charge in [-0.1, -0.05) is 20.1 Å². The van der Waals surface area contributed by atoms with Crippen LogP contribution < -0.4 is 0 Å². The number of hydrogen-bond donors (Lipinski definition) is 0. The summed E-state index contributed by atoms with van der Waals surface area (Å²) in [6, 6.07) is 0. The third-order valence-corrected chi connectivity index (χ3v) is 2.77. The maximum atomic E-state index is 5.50. The molecule has 0 spiro atoms. The third-order valence-electron chi connectivity index (χ3n) is 2.77. The molecule has 0 heterocycles. The Kier molecular flexibility index (Phi) is 4.92. The molecular weight excluding hydrogens is 188 g/mol. The second kappa shape index (κ2) is 5.24. The van der Waals surface area contributed by atoms with E-state index < -0.39 is 0 Å². The lowest BCUT2D eigenvalue weighted by Gasteiger charge is -2.36. The van der Waals surface area contributed by atoms with Gasteiger partial charge in [0.25, 0.3) is 0 Å². The molecule has 2 heteroatoms. The molecule has 0 N–H and O–H groups in total. The van der Waals surface area contributed by atoms with Crippen LogP contribution in [0.4, 0.5) is 0 Å². The standard InChI is InChI=1S/C13H24O2/c1-8-14-12(4,5)10-11(3)13(6,7)15-9-2/h8-9,11H,1-2,10H2,3-7H3. The number of ether oxygens (including phenoxy) is 2. The summed E-state index contributed by atoms with van der Waals surface area (Å²) in [6.45, 7) is 17.5. The van der Waals surface area contributed by atoms with Crippen LogP contribution in [0.25, 0.3) is 0 Å². The van der Waals surface area contributed by atoms with Crippen LogP contribution in [-0.2, 0) is 9.47 Å². The van der Waals surface area contributed by atoms with Crippen molar-refractivity contribution in [2.24, 2.45) is 5.92 Å². The van der Waals surface area contributed by atoms with E-state index in [9.17, 15) is 0 Å². The molecule has 0 bridgehead atoms. The summed E-state index contributed by atoms with van der Waals surface area (Å²) >= 11 is 0. The normalized spacial score (nSPS) is 14.2. The quantitative estimate of drug-likeness (QED) is 0.596. The fraction of sp³-hybridized carbons (Fsp3) is 0.692. The average molecular weight is 212 g/mol. The molecule has 2 nitrogen and oxygen atoms in total. The van der Waals surface area contributed by atoms with Crippen LogP contribution in [0.15, 0.2) is 25.7 Å². The van der Waals surface area contributed by atoms with Crippen molar-refractivity contribution in [1.29, 1.82) is 0 Å². The first-order valence-electron chi connectivity index (χ1n) is 5.32. The van der Waals surface area contributed by atoms with Gasteiger partial charge in [0.2, 0.25) is 0 Å². The summed E-state index contributed by atoms with van der Waals surface area (Å²) in [7, 11) is 0. The van der Waals surface area contributed by atoms with Crippen molar-refractivity contribution < 1.29 is 9.47 Å². The van der Waals surface area contributed by atoms with E-state index >= 15 is 0 Å². The maximum Gasteiger partial charge on any atom is 0.105 e. The smallest absolute Gasteiger partial charge is 0.105 e. The second-order valence-electron chi connectivity index (χ2n) is 5.04. The van der Waals surface area contributed by atoms with Crippen molar-refractivity contribution in [2.45, 2.75) is 52.2 Å². The lowest BCUT2D eigenvalue weighted by atomic mass is 9.83. The molecular formula is C13H24O2. The van der Waals surface area contributed by atoms with Crippen molar-refractivity contribution >= 4 is 0 Å². The summed E-state index contributed by atoms with van der Waals surface area (Å²) in [5, 5.41) is 0. The van der Waals surface area contributed by atoms with Gasteiger partial charge in [-0.25, -0.2) is 0 Å². The van der Waals surface area contributed by atoms with Crippen LogP contribution in [0, 0.1) is 5.92 Å². The molecule has 88 valence electrons. The summed E-state index contributed by atoms with van der Waals surface area (Å²) in [5.41, 5.74) is -0.424. The van der Waals surface area contributed by atoms with E-state index in [4.69, 9.17) is 9.47 Å². The molecule has 0 saturated heterocycles. The minimum atomic E-state index is -0.219. The Morgan fingerprint density at radius 3 is 1.93 bits per heavy atom. The highest BCUT2D eigenvalue weighted by Gasteiger charge is 2.32. The molecule has 0 aromatic carbocycles. The van der Waals surface area contributed by atoms with Crippen LogP contribution in [0.3, 0.4) is 0 Å². The van der Waals surface area contributed by atoms with Crippen molar-refractivity contribution in [3.05, 3.63) is 25.7 Å². The van der Waals surface area contributed by atoms with E-state index in [1.165, 1.54) is 12.5 Å². The predicted molar refractivity (Wildman–Crippen MR) is 64.5 cm³/mol. The highest BCUT2D eigenvalue weighted by molar-refractivity contribution is 4.85. The molecule has 0 aliphatic heterocycles. The van der Waals surface area contributed by atoms with Gasteiger partial charge in [0.05, 0.1) is 12.5 Å². The van der Waals surface area contributed by atoms with Crippen LogP contribution in [0.2, 0.25) is 0 Å². The average Bonchev–Trinajstić information content (AvgIpc) is 2.02. The topological polar surface area (TPSA) is 18.5 Å². The van der Waals surface area contributed by atoms with Crippen molar-refractivity contribution in [2.75, 3.05) is 0 Å². The molecule has 0 radical (unpaired) electrons. The Morgan fingerprint density at radius 2 is 1.53 bits per heavy atom. The zero-order valence-corrected chi connectivity index (χ0v) is 10.7. The third kappa shape index (κ3) is 4.91. The molecule has 0 rings (SSSR count). The number of rotatable bonds is 7. The van der Waals surface area contributed by atoms with E-state index in [0.717, 1.165) is 6.42 Å². The monoisotopic (exact) mass is 212 g/mol. The van der Waals surface area contributed by atoms with Crippen LogP contribution >= 0.6 is 0 Å². The fourth-order valence-corrected chi connectivity index (χ4v) is 1.59. The summed E-state index contributed by atoms with van der Waals surface area (Å²) in [5.74, 6) is 0.366. The molecule has 0 aliphatic carbocycles. The number of hydrogen-bond acceptors (Lipinski definition) is 2. The Balaban J connectivity index is 4.39. The Hall–Kier alpha value is -0.920. The molecule has 0 aromatic heterocycles. The molecule has 0 aliphatic rings. The van der Waals surface area contributed by atoms with E-state index in [1.807, 2.05) is 0 Å². The van der Waals surface area contributed by atoms with Crippen LogP contribution in [-0.4, -0.2) is 11.2 Å². The Morgan fingerprint density at radius 1 is 1.07 bits per heavy atom. The lowest BCUT2D eigenvalue weighted by molar-refractivity contribution is -0.0377. The summed E-state index contributed by atoms with van der Waals surface area (Å²) in [4.78, 5) is 0. The first-order chi connectivity index (χ1) is 6.75. The van der Waals surface area contributed by atoms with Gasteiger partial charge >= 0.3 is 0 Å². The summed E-state index contributed by atoms with van der Waals surface area (Å²) in [6.07, 6.45) is 3.89. The predicted octanol–water partition coefficient (Wildman–Crippen LogP) is 3.89. The molecule has 0 fully saturated rings. The first kappa shape index (κ1) is 14.1. The van der Waals surface area contributed by atoms with Crippen LogP contribution in [0.5, 0.6) is 0 Å². The molecule has 1 atom stereocenters. The van der Waals surface area contributed by atoms with Crippen LogP contribution in [0.1, 0.15) is 41.0 Å². The van der Waals surface area contributed by atoms with Gasteiger partial charge in [0, 0.05) is 0 Å². The lowest BCUT2D eigenvalue weighted by Crippen LogP contribution is -2.37. The minimum Gasteiger partial charge on any atom is -0.496 e. The molecule has 15 heavy (non-hydrogen) atoms. The van der Waals surface area contributed by atoms with Gasteiger partial charge in [-0.05, 0) is 40.0 Å². The Bertz CT molecular complexity index is 217. The van der Waals surface area contributed by atoms with Crippen molar-refractivity contribution in [1.82, 2.24) is 0 Å². The zero-order chi connectivity index (χ0) is 12.1. The minimum absolute atomic E-state index is 0.205. The van der Waals surface area contributed by atoms with E-state index in [0.29, 0.717) is 5.92 Å². The van der Waals surface area contributed by atoms with Gasteiger partial charge in [-0.15, -0.1) is 0 Å².